The van der Waals surface area contributed by atoms with E-state index in [1.807, 2.05) is 24.3 Å². The van der Waals surface area contributed by atoms with Crippen LogP contribution in [0.1, 0.15) is 52.3 Å². The second-order valence-corrected chi connectivity index (χ2v) is 8.66. The number of benzene rings is 3. The predicted molar refractivity (Wildman–Crippen MR) is 136 cm³/mol. The summed E-state index contributed by atoms with van der Waals surface area (Å²) in [4.78, 5) is 0. The van der Waals surface area contributed by atoms with Crippen LogP contribution in [0.2, 0.25) is 0 Å². The average Bonchev–Trinajstić information content (AvgIpc) is 2.89. The van der Waals surface area contributed by atoms with Crippen molar-refractivity contribution in [1.82, 2.24) is 5.32 Å². The molecule has 4 N–H and O–H groups in total. The predicted octanol–water partition coefficient (Wildman–Crippen LogP) is 4.16. The third-order valence-electron chi connectivity index (χ3n) is 5.91. The number of aliphatic hydroxyl groups is 2. The first kappa shape index (κ1) is 26.4. The molecule has 0 aromatic heterocycles. The first-order valence-electron chi connectivity index (χ1n) is 12.0. The standard InChI is InChI=1S/C29H34N2O4/c30-18-24-8-3-6-22(15-24)5-1-2-14-35-21-25-9-4-7-23(16-25)12-13-31-19-29(34)26-10-11-28(33)27(17-26)20-32/h3-4,6-11,15-17,29,31-34H,1-2,5,12-14,19-21H2/t29-/m0/s1. The summed E-state index contributed by atoms with van der Waals surface area (Å²) < 4.78 is 5.85. The number of hydrogen-bond donors (Lipinski definition) is 4. The van der Waals surface area contributed by atoms with Gasteiger partial charge in [-0.25, -0.2) is 0 Å². The number of aromatic hydroxyl groups is 1. The molecule has 3 aromatic rings. The number of nitrogens with zero attached hydrogens (tertiary/aromatic N) is 1. The monoisotopic (exact) mass is 474 g/mol. The molecule has 0 radical (unpaired) electrons. The molecule has 6 heteroatoms. The highest BCUT2D eigenvalue weighted by Gasteiger charge is 2.10. The number of aliphatic hydroxyl groups excluding tert-OH is 2. The lowest BCUT2D eigenvalue weighted by molar-refractivity contribution is 0.117. The lowest BCUT2D eigenvalue weighted by Gasteiger charge is -2.14. The van der Waals surface area contributed by atoms with E-state index in [1.54, 1.807) is 12.1 Å². The fraction of sp³-hybridized carbons (Fsp3) is 0.345. The third kappa shape index (κ3) is 8.82. The Balaban J connectivity index is 1.32. The maximum atomic E-state index is 10.4. The first-order valence-corrected chi connectivity index (χ1v) is 12.0. The van der Waals surface area contributed by atoms with Crippen LogP contribution in [0.25, 0.3) is 0 Å². The van der Waals surface area contributed by atoms with Gasteiger partial charge in [0.2, 0.25) is 0 Å². The highest BCUT2D eigenvalue weighted by molar-refractivity contribution is 5.36. The molecule has 0 aliphatic rings. The normalized spacial score (nSPS) is 11.8. The van der Waals surface area contributed by atoms with Gasteiger partial charge >= 0.3 is 0 Å². The van der Waals surface area contributed by atoms with Gasteiger partial charge in [0, 0.05) is 18.7 Å². The summed E-state index contributed by atoms with van der Waals surface area (Å²) >= 11 is 0. The second-order valence-electron chi connectivity index (χ2n) is 8.66. The Hall–Kier alpha value is -3.21. The Morgan fingerprint density at radius 1 is 0.914 bits per heavy atom. The molecule has 0 bridgehead atoms. The van der Waals surface area contributed by atoms with E-state index in [2.05, 4.69) is 35.7 Å². The van der Waals surface area contributed by atoms with Gasteiger partial charge in [0.1, 0.15) is 5.75 Å². The molecule has 1 atom stereocenters. The van der Waals surface area contributed by atoms with Crippen LogP contribution in [0.4, 0.5) is 0 Å². The molecule has 0 saturated heterocycles. The van der Waals surface area contributed by atoms with Crippen molar-refractivity contribution in [2.75, 3.05) is 19.7 Å². The van der Waals surface area contributed by atoms with Crippen LogP contribution in [-0.2, 0) is 30.8 Å². The van der Waals surface area contributed by atoms with E-state index in [1.165, 1.54) is 17.2 Å². The molecule has 0 heterocycles. The number of nitriles is 1. The molecule has 0 amide bonds. The van der Waals surface area contributed by atoms with Crippen molar-refractivity contribution in [3.8, 4) is 11.8 Å². The van der Waals surface area contributed by atoms with Crippen molar-refractivity contribution in [3.05, 3.63) is 100 Å². The Labute approximate surface area is 207 Å². The number of phenols is 1. The molecule has 184 valence electrons. The van der Waals surface area contributed by atoms with Crippen LogP contribution < -0.4 is 5.32 Å². The fourth-order valence-corrected chi connectivity index (χ4v) is 3.92. The molecule has 6 nitrogen and oxygen atoms in total. The van der Waals surface area contributed by atoms with Crippen LogP contribution in [0, 0.1) is 11.3 Å². The summed E-state index contributed by atoms with van der Waals surface area (Å²) in [5.41, 5.74) is 5.32. The Kier molecular flexibility index (Phi) is 10.7. The van der Waals surface area contributed by atoms with Gasteiger partial charge < -0.3 is 25.4 Å². The molecule has 3 aromatic carbocycles. The number of ether oxygens (including phenoxy) is 1. The fourth-order valence-electron chi connectivity index (χ4n) is 3.92. The van der Waals surface area contributed by atoms with E-state index in [0.717, 1.165) is 37.8 Å². The molecule has 0 aliphatic heterocycles. The van der Waals surface area contributed by atoms with Crippen molar-refractivity contribution in [2.45, 2.75) is 45.0 Å². The van der Waals surface area contributed by atoms with E-state index in [4.69, 9.17) is 10.00 Å². The highest BCUT2D eigenvalue weighted by Crippen LogP contribution is 2.22. The number of nitrogens with one attached hydrogen (secondary N) is 1. The highest BCUT2D eigenvalue weighted by atomic mass is 16.5. The van der Waals surface area contributed by atoms with Crippen molar-refractivity contribution >= 4 is 0 Å². The summed E-state index contributed by atoms with van der Waals surface area (Å²) in [5.74, 6) is 0.0302. The zero-order valence-corrected chi connectivity index (χ0v) is 20.0. The minimum absolute atomic E-state index is 0.0302. The lowest BCUT2D eigenvalue weighted by atomic mass is 10.0. The smallest absolute Gasteiger partial charge is 0.121 e. The molecular formula is C29H34N2O4. The lowest BCUT2D eigenvalue weighted by Crippen LogP contribution is -2.23. The molecule has 0 saturated carbocycles. The zero-order valence-electron chi connectivity index (χ0n) is 20.0. The first-order chi connectivity index (χ1) is 17.1. The summed E-state index contributed by atoms with van der Waals surface area (Å²) in [6, 6.07) is 23.1. The average molecular weight is 475 g/mol. The van der Waals surface area contributed by atoms with Crippen LogP contribution in [-0.4, -0.2) is 35.0 Å². The van der Waals surface area contributed by atoms with Crippen LogP contribution >= 0.6 is 0 Å². The Morgan fingerprint density at radius 3 is 2.49 bits per heavy atom. The molecule has 0 aliphatic carbocycles. The molecule has 0 spiro atoms. The summed E-state index contributed by atoms with van der Waals surface area (Å²) in [5, 5.41) is 41.5. The minimum atomic E-state index is -0.712. The van der Waals surface area contributed by atoms with Crippen molar-refractivity contribution in [3.63, 3.8) is 0 Å². The van der Waals surface area contributed by atoms with Gasteiger partial charge in [-0.05, 0) is 78.7 Å². The van der Waals surface area contributed by atoms with Gasteiger partial charge in [0.25, 0.3) is 0 Å². The van der Waals surface area contributed by atoms with E-state index < -0.39 is 6.10 Å². The van der Waals surface area contributed by atoms with Crippen molar-refractivity contribution < 1.29 is 20.1 Å². The van der Waals surface area contributed by atoms with Gasteiger partial charge in [-0.2, -0.15) is 5.26 Å². The maximum absolute atomic E-state index is 10.4. The Bertz CT molecular complexity index is 1110. The zero-order chi connectivity index (χ0) is 24.9. The van der Waals surface area contributed by atoms with E-state index >= 15 is 0 Å². The molecule has 0 unspecified atom stereocenters. The van der Waals surface area contributed by atoms with Crippen LogP contribution in [0.5, 0.6) is 5.75 Å². The molecule has 3 rings (SSSR count). The maximum Gasteiger partial charge on any atom is 0.121 e. The molecule has 35 heavy (non-hydrogen) atoms. The number of hydrogen-bond acceptors (Lipinski definition) is 6. The van der Waals surface area contributed by atoms with Gasteiger partial charge in [-0.3, -0.25) is 0 Å². The second kappa shape index (κ2) is 14.2. The topological polar surface area (TPSA) is 106 Å². The van der Waals surface area contributed by atoms with E-state index in [0.29, 0.717) is 36.4 Å². The Morgan fingerprint density at radius 2 is 1.69 bits per heavy atom. The summed E-state index contributed by atoms with van der Waals surface area (Å²) in [6.07, 6.45) is 3.07. The number of rotatable bonds is 14. The number of aryl methyl sites for hydroxylation is 1. The quantitative estimate of drug-likeness (QED) is 0.262. The van der Waals surface area contributed by atoms with Gasteiger partial charge in [-0.15, -0.1) is 0 Å². The third-order valence-corrected chi connectivity index (χ3v) is 5.91. The van der Waals surface area contributed by atoms with E-state index in [-0.39, 0.29) is 12.4 Å². The van der Waals surface area contributed by atoms with Crippen LogP contribution in [0.3, 0.4) is 0 Å². The minimum Gasteiger partial charge on any atom is -0.508 e. The van der Waals surface area contributed by atoms with E-state index in [9.17, 15) is 15.3 Å². The molecular weight excluding hydrogens is 440 g/mol. The SMILES string of the molecule is N#Cc1cccc(CCCCOCc2cccc(CCNC[C@H](O)c3ccc(O)c(CO)c3)c2)c1. The van der Waals surface area contributed by atoms with Gasteiger partial charge in [0.05, 0.1) is 31.0 Å². The van der Waals surface area contributed by atoms with Crippen molar-refractivity contribution in [2.24, 2.45) is 0 Å². The largest absolute Gasteiger partial charge is 0.508 e. The van der Waals surface area contributed by atoms with Gasteiger partial charge in [0.15, 0.2) is 0 Å². The van der Waals surface area contributed by atoms with Crippen molar-refractivity contribution in [1.29, 1.82) is 5.26 Å². The van der Waals surface area contributed by atoms with Gasteiger partial charge in [-0.1, -0.05) is 42.5 Å². The van der Waals surface area contributed by atoms with Crippen LogP contribution in [0.15, 0.2) is 66.7 Å². The summed E-state index contributed by atoms with van der Waals surface area (Å²) in [7, 11) is 0. The molecule has 0 fully saturated rings. The summed E-state index contributed by atoms with van der Waals surface area (Å²) in [6.45, 7) is 2.13. The number of unbranched alkanes of at least 4 members (excludes halogenated alkanes) is 1.